The molecule has 4 nitrogen and oxygen atoms in total. The van der Waals surface area contributed by atoms with E-state index in [9.17, 15) is 14.3 Å². The van der Waals surface area contributed by atoms with Crippen molar-refractivity contribution in [3.8, 4) is 5.75 Å². The molecule has 0 spiro atoms. The number of alkyl halides is 1. The minimum absolute atomic E-state index is 0.00662. The third kappa shape index (κ3) is 2.93. The average Bonchev–Trinajstić information content (AvgIpc) is 2.16. The Morgan fingerprint density at radius 2 is 2.19 bits per heavy atom. The van der Waals surface area contributed by atoms with Gasteiger partial charge in [0.15, 0.2) is 0 Å². The number of halogens is 1. The van der Waals surface area contributed by atoms with E-state index >= 15 is 0 Å². The number of aliphatic carboxylic acids is 1. The fourth-order valence-corrected chi connectivity index (χ4v) is 1.48. The summed E-state index contributed by atoms with van der Waals surface area (Å²) in [4.78, 5) is 10.6. The molecule has 4 N–H and O–H groups in total. The van der Waals surface area contributed by atoms with Crippen LogP contribution in [-0.4, -0.2) is 22.2 Å². The van der Waals surface area contributed by atoms with Gasteiger partial charge < -0.3 is 15.9 Å². The van der Waals surface area contributed by atoms with Crippen LogP contribution in [0.5, 0.6) is 5.75 Å². The first-order valence-corrected chi connectivity index (χ1v) is 4.86. The molecule has 0 aliphatic heterocycles. The molecule has 5 heteroatoms. The van der Waals surface area contributed by atoms with Gasteiger partial charge in [-0.25, -0.2) is 4.39 Å². The molecule has 1 rings (SSSR count). The normalized spacial score (nSPS) is 14.4. The highest BCUT2D eigenvalue weighted by atomic mass is 19.1. The van der Waals surface area contributed by atoms with Crippen molar-refractivity contribution < 1.29 is 19.4 Å². The molecule has 0 saturated heterocycles. The van der Waals surface area contributed by atoms with Crippen molar-refractivity contribution in [2.75, 3.05) is 0 Å². The van der Waals surface area contributed by atoms with Gasteiger partial charge in [0, 0.05) is 0 Å². The summed E-state index contributed by atoms with van der Waals surface area (Å²) in [6, 6.07) is 3.04. The number of phenolic OH excluding ortho intramolecular Hbond substituents is 1. The second kappa shape index (κ2) is 4.94. The Bertz CT molecular complexity index is 393. The molecule has 0 heterocycles. The maximum Gasteiger partial charge on any atom is 0.320 e. The highest BCUT2D eigenvalue weighted by Crippen LogP contribution is 2.25. The summed E-state index contributed by atoms with van der Waals surface area (Å²) in [6.07, 6.45) is -1.23. The number of aromatic hydroxyl groups is 1. The molecule has 2 unspecified atom stereocenters. The Kier molecular flexibility index (Phi) is 3.84. The Morgan fingerprint density at radius 1 is 1.56 bits per heavy atom. The molecular formula is C11H14FNO3. The average molecular weight is 227 g/mol. The van der Waals surface area contributed by atoms with Crippen LogP contribution in [0.2, 0.25) is 0 Å². The summed E-state index contributed by atoms with van der Waals surface area (Å²) in [5.74, 6) is -1.18. The molecule has 0 aromatic heterocycles. The first-order chi connectivity index (χ1) is 7.41. The number of benzene rings is 1. The van der Waals surface area contributed by atoms with Gasteiger partial charge in [-0.1, -0.05) is 6.07 Å². The molecule has 0 fully saturated rings. The molecule has 0 bridgehead atoms. The molecule has 0 amide bonds. The van der Waals surface area contributed by atoms with E-state index in [0.717, 1.165) is 0 Å². The molecule has 0 radical (unpaired) electrons. The Hall–Kier alpha value is -1.62. The van der Waals surface area contributed by atoms with E-state index in [1.54, 1.807) is 0 Å². The summed E-state index contributed by atoms with van der Waals surface area (Å²) < 4.78 is 13.2. The van der Waals surface area contributed by atoms with Crippen LogP contribution in [0.15, 0.2) is 18.2 Å². The fraction of sp³-hybridized carbons (Fsp3) is 0.364. The zero-order valence-corrected chi connectivity index (χ0v) is 8.85. The van der Waals surface area contributed by atoms with Crippen LogP contribution in [0.25, 0.3) is 0 Å². The number of carbonyl (C=O) groups is 1. The number of phenols is 1. The van der Waals surface area contributed by atoms with Crippen LogP contribution in [0.1, 0.15) is 24.2 Å². The summed E-state index contributed by atoms with van der Waals surface area (Å²) in [7, 11) is 0. The van der Waals surface area contributed by atoms with Crippen LogP contribution in [0.3, 0.4) is 0 Å². The van der Waals surface area contributed by atoms with Crippen LogP contribution in [0, 0.1) is 0 Å². The van der Waals surface area contributed by atoms with Crippen molar-refractivity contribution in [3.05, 3.63) is 29.3 Å². The standard InChI is InChI=1S/C11H14FNO3/c1-6(12)9-3-2-8(14)4-7(9)5-10(13)11(15)16/h2-4,6,10,14H,5,13H2,1H3,(H,15,16). The minimum Gasteiger partial charge on any atom is -0.508 e. The Labute approximate surface area is 92.5 Å². The van der Waals surface area contributed by atoms with Gasteiger partial charge in [0.05, 0.1) is 0 Å². The lowest BCUT2D eigenvalue weighted by Gasteiger charge is -2.13. The molecule has 0 aliphatic rings. The van der Waals surface area contributed by atoms with Crippen molar-refractivity contribution in [3.63, 3.8) is 0 Å². The molecule has 88 valence electrons. The smallest absolute Gasteiger partial charge is 0.320 e. The third-order valence-corrected chi connectivity index (χ3v) is 2.31. The van der Waals surface area contributed by atoms with Gasteiger partial charge in [0.25, 0.3) is 0 Å². The van der Waals surface area contributed by atoms with E-state index < -0.39 is 18.2 Å². The maximum absolute atomic E-state index is 13.2. The zero-order valence-electron chi connectivity index (χ0n) is 8.85. The van der Waals surface area contributed by atoms with Crippen molar-refractivity contribution in [2.24, 2.45) is 5.73 Å². The van der Waals surface area contributed by atoms with Gasteiger partial charge in [0.1, 0.15) is 18.0 Å². The number of carboxylic acid groups (broad SMARTS) is 1. The first kappa shape index (κ1) is 12.4. The zero-order chi connectivity index (χ0) is 12.3. The minimum atomic E-state index is -1.23. The number of hydrogen-bond acceptors (Lipinski definition) is 3. The van der Waals surface area contributed by atoms with Crippen molar-refractivity contribution in [1.29, 1.82) is 0 Å². The summed E-state index contributed by atoms with van der Waals surface area (Å²) in [5.41, 5.74) is 6.14. The summed E-state index contributed by atoms with van der Waals surface area (Å²) in [6.45, 7) is 1.35. The van der Waals surface area contributed by atoms with Crippen molar-refractivity contribution >= 4 is 5.97 Å². The van der Waals surface area contributed by atoms with E-state index in [2.05, 4.69) is 0 Å². The van der Waals surface area contributed by atoms with Gasteiger partial charge in [-0.3, -0.25) is 4.79 Å². The molecule has 16 heavy (non-hydrogen) atoms. The number of nitrogens with two attached hydrogens (primary N) is 1. The lowest BCUT2D eigenvalue weighted by Crippen LogP contribution is -2.32. The van der Waals surface area contributed by atoms with Gasteiger partial charge in [-0.15, -0.1) is 0 Å². The largest absolute Gasteiger partial charge is 0.508 e. The van der Waals surface area contributed by atoms with E-state index in [1.807, 2.05) is 0 Å². The van der Waals surface area contributed by atoms with Crippen molar-refractivity contribution in [1.82, 2.24) is 0 Å². The Balaban J connectivity index is 3.01. The Morgan fingerprint density at radius 3 is 2.69 bits per heavy atom. The highest BCUT2D eigenvalue weighted by Gasteiger charge is 2.17. The van der Waals surface area contributed by atoms with Crippen LogP contribution >= 0.6 is 0 Å². The molecule has 0 aliphatic carbocycles. The van der Waals surface area contributed by atoms with Gasteiger partial charge in [0.2, 0.25) is 0 Å². The molecule has 1 aromatic carbocycles. The third-order valence-electron chi connectivity index (χ3n) is 2.31. The van der Waals surface area contributed by atoms with Crippen LogP contribution in [-0.2, 0) is 11.2 Å². The molecule has 1 aromatic rings. The second-order valence-electron chi connectivity index (χ2n) is 3.65. The van der Waals surface area contributed by atoms with Crippen LogP contribution in [0.4, 0.5) is 4.39 Å². The summed E-state index contributed by atoms with van der Waals surface area (Å²) in [5, 5.41) is 17.9. The van der Waals surface area contributed by atoms with E-state index in [0.29, 0.717) is 11.1 Å². The highest BCUT2D eigenvalue weighted by molar-refractivity contribution is 5.73. The predicted octanol–water partition coefficient (Wildman–Crippen LogP) is 1.38. The molecule has 0 saturated carbocycles. The van der Waals surface area contributed by atoms with E-state index in [1.165, 1.54) is 25.1 Å². The van der Waals surface area contributed by atoms with Gasteiger partial charge >= 0.3 is 5.97 Å². The number of carboxylic acids is 1. The second-order valence-corrected chi connectivity index (χ2v) is 3.65. The van der Waals surface area contributed by atoms with E-state index in [4.69, 9.17) is 10.8 Å². The predicted molar refractivity (Wildman–Crippen MR) is 56.9 cm³/mol. The fourth-order valence-electron chi connectivity index (χ4n) is 1.48. The summed E-state index contributed by atoms with van der Waals surface area (Å²) >= 11 is 0. The topological polar surface area (TPSA) is 83.5 Å². The lowest BCUT2D eigenvalue weighted by molar-refractivity contribution is -0.138. The van der Waals surface area contributed by atoms with Crippen LogP contribution < -0.4 is 5.73 Å². The quantitative estimate of drug-likeness (QED) is 0.725. The SMILES string of the molecule is CC(F)c1ccc(O)cc1CC(N)C(=O)O. The molecule has 2 atom stereocenters. The monoisotopic (exact) mass is 227 g/mol. The first-order valence-electron chi connectivity index (χ1n) is 4.86. The maximum atomic E-state index is 13.2. The van der Waals surface area contributed by atoms with Gasteiger partial charge in [-0.05, 0) is 36.6 Å². The van der Waals surface area contributed by atoms with Crippen molar-refractivity contribution in [2.45, 2.75) is 25.6 Å². The van der Waals surface area contributed by atoms with E-state index in [-0.39, 0.29) is 12.2 Å². The van der Waals surface area contributed by atoms with Gasteiger partial charge in [-0.2, -0.15) is 0 Å². The lowest BCUT2D eigenvalue weighted by atomic mass is 9.98. The number of rotatable bonds is 4. The number of hydrogen-bond donors (Lipinski definition) is 3. The molecular weight excluding hydrogens is 213 g/mol.